The van der Waals surface area contributed by atoms with Crippen molar-refractivity contribution in [3.63, 3.8) is 0 Å². The molecule has 0 spiro atoms. The molecule has 1 aromatic carbocycles. The van der Waals surface area contributed by atoms with E-state index in [1.54, 1.807) is 23.1 Å². The molecule has 0 amide bonds. The van der Waals surface area contributed by atoms with Crippen LogP contribution in [-0.4, -0.2) is 67.9 Å². The lowest BCUT2D eigenvalue weighted by atomic mass is 9.87. The molecular weight excluding hydrogens is 460 g/mol. The number of halogens is 1. The summed E-state index contributed by atoms with van der Waals surface area (Å²) in [5.74, 6) is 0. The molecule has 1 aliphatic rings. The second-order valence-electron chi connectivity index (χ2n) is 9.55. The van der Waals surface area contributed by atoms with Crippen LogP contribution in [0, 0.1) is 5.41 Å². The minimum atomic E-state index is -3.87. The van der Waals surface area contributed by atoms with Crippen LogP contribution in [0.4, 0.5) is 5.69 Å². The molecule has 4 rings (SSSR count). The van der Waals surface area contributed by atoms with E-state index in [1.807, 2.05) is 25.2 Å². The Hall–Kier alpha value is -2.20. The van der Waals surface area contributed by atoms with E-state index in [0.717, 1.165) is 29.9 Å². The van der Waals surface area contributed by atoms with Gasteiger partial charge in [0.15, 0.2) is 0 Å². The average molecular weight is 491 g/mol. The van der Waals surface area contributed by atoms with Crippen LogP contribution in [0.15, 0.2) is 41.6 Å². The van der Waals surface area contributed by atoms with Crippen molar-refractivity contribution in [2.24, 2.45) is 12.5 Å². The number of anilines is 1. The van der Waals surface area contributed by atoms with Gasteiger partial charge in [0.1, 0.15) is 4.90 Å². The van der Waals surface area contributed by atoms with Crippen LogP contribution in [0.3, 0.4) is 0 Å². The molecule has 1 atom stereocenters. The van der Waals surface area contributed by atoms with E-state index in [1.165, 1.54) is 0 Å². The topological polar surface area (TPSA) is 83.4 Å². The SMILES string of the molecule is CN(C)C1CN(c2ccnc3c(S(=O)(=O)NCCc4ccnn4C)c(Cl)ccc23)CC1(C)C. The summed E-state index contributed by atoms with van der Waals surface area (Å²) < 4.78 is 31.0. The standard InChI is InChI=1S/C23H31ClN6O2S/c1-23(2)15-30(14-20(23)28(3)4)19-10-11-25-21-17(19)6-7-18(24)22(21)33(31,32)27-13-9-16-8-12-26-29(16)5/h6-8,10-12,20,27H,9,13-15H2,1-5H3. The molecule has 178 valence electrons. The van der Waals surface area contributed by atoms with Crippen LogP contribution in [0.2, 0.25) is 5.02 Å². The number of pyridine rings is 1. The van der Waals surface area contributed by atoms with Crippen molar-refractivity contribution in [1.82, 2.24) is 24.4 Å². The lowest BCUT2D eigenvalue weighted by molar-refractivity contribution is 0.188. The maximum atomic E-state index is 13.3. The largest absolute Gasteiger partial charge is 0.369 e. The monoisotopic (exact) mass is 490 g/mol. The molecule has 1 unspecified atom stereocenters. The number of nitrogens with zero attached hydrogens (tertiary/aromatic N) is 5. The fourth-order valence-electron chi connectivity index (χ4n) is 4.88. The Labute approximate surface area is 200 Å². The van der Waals surface area contributed by atoms with Gasteiger partial charge in [-0.25, -0.2) is 13.1 Å². The minimum Gasteiger partial charge on any atom is -0.369 e. The number of benzene rings is 1. The maximum absolute atomic E-state index is 13.3. The van der Waals surface area contributed by atoms with Crippen LogP contribution in [0.5, 0.6) is 0 Å². The van der Waals surface area contributed by atoms with Crippen LogP contribution < -0.4 is 9.62 Å². The molecule has 1 N–H and O–H groups in total. The van der Waals surface area contributed by atoms with E-state index in [4.69, 9.17) is 11.6 Å². The Morgan fingerprint density at radius 2 is 1.97 bits per heavy atom. The zero-order valence-corrected chi connectivity index (χ0v) is 21.3. The molecule has 1 saturated heterocycles. The highest BCUT2D eigenvalue weighted by Crippen LogP contribution is 2.39. The fourth-order valence-corrected chi connectivity index (χ4v) is 6.59. The first kappa shape index (κ1) is 23.9. The van der Waals surface area contributed by atoms with Crippen molar-refractivity contribution in [3.8, 4) is 0 Å². The van der Waals surface area contributed by atoms with Gasteiger partial charge < -0.3 is 9.80 Å². The predicted molar refractivity (Wildman–Crippen MR) is 132 cm³/mol. The first-order valence-electron chi connectivity index (χ1n) is 11.0. The Morgan fingerprint density at radius 1 is 1.21 bits per heavy atom. The summed E-state index contributed by atoms with van der Waals surface area (Å²) in [6, 6.07) is 7.72. The fraction of sp³-hybridized carbons (Fsp3) is 0.478. The van der Waals surface area contributed by atoms with Crippen molar-refractivity contribution in [2.75, 3.05) is 38.6 Å². The summed E-state index contributed by atoms with van der Waals surface area (Å²) in [6.07, 6.45) is 3.88. The second kappa shape index (κ2) is 8.87. The second-order valence-corrected chi connectivity index (χ2v) is 11.7. The normalized spacial score (nSPS) is 18.5. The van der Waals surface area contributed by atoms with Gasteiger partial charge in [0.25, 0.3) is 0 Å². The summed E-state index contributed by atoms with van der Waals surface area (Å²) >= 11 is 6.42. The van der Waals surface area contributed by atoms with Gasteiger partial charge in [-0.2, -0.15) is 5.10 Å². The summed E-state index contributed by atoms with van der Waals surface area (Å²) in [5.41, 5.74) is 2.39. The molecule has 0 radical (unpaired) electrons. The smallest absolute Gasteiger partial charge is 0.244 e. The molecule has 0 bridgehead atoms. The first-order valence-corrected chi connectivity index (χ1v) is 12.8. The average Bonchev–Trinajstić information content (AvgIpc) is 3.28. The van der Waals surface area contributed by atoms with Gasteiger partial charge in [-0.15, -0.1) is 0 Å². The van der Waals surface area contributed by atoms with Gasteiger partial charge in [-0.05, 0) is 43.8 Å². The lowest BCUT2D eigenvalue weighted by Gasteiger charge is -2.30. The molecule has 1 aliphatic heterocycles. The van der Waals surface area contributed by atoms with Crippen molar-refractivity contribution < 1.29 is 8.42 Å². The number of nitrogens with one attached hydrogen (secondary N) is 1. The van der Waals surface area contributed by atoms with Gasteiger partial charge in [0, 0.05) is 68.3 Å². The Kier molecular flexibility index (Phi) is 6.43. The number of aryl methyl sites for hydroxylation is 1. The van der Waals surface area contributed by atoms with Gasteiger partial charge in [0.05, 0.1) is 10.5 Å². The van der Waals surface area contributed by atoms with E-state index in [0.29, 0.717) is 18.0 Å². The van der Waals surface area contributed by atoms with Gasteiger partial charge in [-0.1, -0.05) is 25.4 Å². The first-order chi connectivity index (χ1) is 15.5. The summed E-state index contributed by atoms with van der Waals surface area (Å²) in [5, 5.41) is 5.06. The Morgan fingerprint density at radius 3 is 2.61 bits per heavy atom. The molecule has 1 fully saturated rings. The van der Waals surface area contributed by atoms with Crippen molar-refractivity contribution in [1.29, 1.82) is 0 Å². The van der Waals surface area contributed by atoms with E-state index in [9.17, 15) is 8.42 Å². The van der Waals surface area contributed by atoms with Gasteiger partial charge in [-0.3, -0.25) is 9.67 Å². The quantitative estimate of drug-likeness (QED) is 0.548. The van der Waals surface area contributed by atoms with Gasteiger partial charge >= 0.3 is 0 Å². The van der Waals surface area contributed by atoms with Crippen molar-refractivity contribution >= 4 is 38.2 Å². The van der Waals surface area contributed by atoms with Crippen molar-refractivity contribution in [3.05, 3.63) is 47.4 Å². The number of hydrogen-bond acceptors (Lipinski definition) is 6. The Bertz CT molecular complexity index is 1270. The van der Waals surface area contributed by atoms with E-state index in [-0.39, 0.29) is 21.9 Å². The molecule has 2 aromatic heterocycles. The molecule has 33 heavy (non-hydrogen) atoms. The number of likely N-dealkylation sites (N-methyl/N-ethyl adjacent to an activating group) is 1. The highest BCUT2D eigenvalue weighted by atomic mass is 35.5. The van der Waals surface area contributed by atoms with Gasteiger partial charge in [0.2, 0.25) is 10.0 Å². The van der Waals surface area contributed by atoms with E-state index < -0.39 is 10.0 Å². The zero-order chi connectivity index (χ0) is 24.0. The van der Waals surface area contributed by atoms with E-state index in [2.05, 4.69) is 52.5 Å². The number of sulfonamides is 1. The van der Waals surface area contributed by atoms with Crippen LogP contribution in [0.1, 0.15) is 19.5 Å². The zero-order valence-electron chi connectivity index (χ0n) is 19.7. The van der Waals surface area contributed by atoms with Crippen LogP contribution >= 0.6 is 11.6 Å². The van der Waals surface area contributed by atoms with Crippen LogP contribution in [0.25, 0.3) is 10.9 Å². The number of fused-ring (bicyclic) bond motifs is 1. The number of aromatic nitrogens is 3. The molecule has 3 heterocycles. The third kappa shape index (κ3) is 4.59. The molecule has 0 aliphatic carbocycles. The molecule has 0 saturated carbocycles. The lowest BCUT2D eigenvalue weighted by Crippen LogP contribution is -2.39. The minimum absolute atomic E-state index is 0.0242. The highest BCUT2D eigenvalue weighted by Gasteiger charge is 2.41. The molecular formula is C23H31ClN6O2S. The van der Waals surface area contributed by atoms with E-state index >= 15 is 0 Å². The predicted octanol–water partition coefficient (Wildman–Crippen LogP) is 2.92. The Balaban J connectivity index is 1.68. The number of hydrogen-bond donors (Lipinski definition) is 1. The third-order valence-corrected chi connectivity index (χ3v) is 8.48. The highest BCUT2D eigenvalue weighted by molar-refractivity contribution is 7.89. The molecule has 8 nitrogen and oxygen atoms in total. The summed E-state index contributed by atoms with van der Waals surface area (Å²) in [6.45, 7) is 6.48. The molecule has 10 heteroatoms. The maximum Gasteiger partial charge on any atom is 0.244 e. The van der Waals surface area contributed by atoms with Crippen molar-refractivity contribution in [2.45, 2.75) is 31.2 Å². The third-order valence-electron chi connectivity index (χ3n) is 6.52. The summed E-state index contributed by atoms with van der Waals surface area (Å²) in [4.78, 5) is 9.04. The summed E-state index contributed by atoms with van der Waals surface area (Å²) in [7, 11) is 2.16. The number of rotatable bonds is 7. The van der Waals surface area contributed by atoms with Crippen LogP contribution in [-0.2, 0) is 23.5 Å². The molecule has 3 aromatic rings.